The Morgan fingerprint density at radius 3 is 1.40 bits per heavy atom. The average Bonchev–Trinajstić information content (AvgIpc) is 2.29. The van der Waals surface area contributed by atoms with E-state index in [9.17, 15) is 0 Å². The molecule has 0 heterocycles. The van der Waals surface area contributed by atoms with Crippen LogP contribution in [0.2, 0.25) is 13.3 Å². The van der Waals surface area contributed by atoms with E-state index in [1.165, 1.54) is 38.5 Å². The summed E-state index contributed by atoms with van der Waals surface area (Å²) >= 11 is -1.85. The minimum atomic E-state index is -1.85. The van der Waals surface area contributed by atoms with Crippen molar-refractivity contribution < 1.29 is 1.43 Å². The SMILES string of the molecule is C=[CH][Sn]([CH2]CCC)([CH2]CCC)[CH2]CCC.[H-]. The molecule has 92 valence electrons. The molecule has 0 spiro atoms. The van der Waals surface area contributed by atoms with Crippen LogP contribution >= 0.6 is 0 Å². The molecule has 1 heteroatoms. The molecule has 0 amide bonds. The minimum absolute atomic E-state index is 0. The first-order valence-electron chi connectivity index (χ1n) is 6.88. The van der Waals surface area contributed by atoms with E-state index >= 15 is 0 Å². The van der Waals surface area contributed by atoms with Crippen LogP contribution < -0.4 is 0 Å². The smallest absolute Gasteiger partial charge is 1.00 e. The minimum Gasteiger partial charge on any atom is -1.00 e. The van der Waals surface area contributed by atoms with E-state index in [1.807, 2.05) is 0 Å². The normalized spacial score (nSPS) is 11.7. The third kappa shape index (κ3) is 6.65. The molecule has 0 saturated carbocycles. The van der Waals surface area contributed by atoms with Crippen LogP contribution in [0.15, 0.2) is 10.7 Å². The Hall–Kier alpha value is 0.539. The van der Waals surface area contributed by atoms with E-state index in [2.05, 4.69) is 31.4 Å². The van der Waals surface area contributed by atoms with E-state index in [0.29, 0.717) is 0 Å². The Kier molecular flexibility index (Phi) is 10.1. The molecule has 0 atom stereocenters. The van der Waals surface area contributed by atoms with Crippen LogP contribution in [-0.4, -0.2) is 18.4 Å². The van der Waals surface area contributed by atoms with Crippen molar-refractivity contribution in [1.82, 2.24) is 0 Å². The van der Waals surface area contributed by atoms with E-state index < -0.39 is 18.4 Å². The maximum Gasteiger partial charge on any atom is -1.00 e. The van der Waals surface area contributed by atoms with Crippen molar-refractivity contribution in [3.05, 3.63) is 10.7 Å². The van der Waals surface area contributed by atoms with Gasteiger partial charge in [0.05, 0.1) is 0 Å². The third-order valence-electron chi connectivity index (χ3n) is 3.52. The number of unbranched alkanes of at least 4 members (excludes halogenated alkanes) is 3. The van der Waals surface area contributed by atoms with Crippen LogP contribution in [0.5, 0.6) is 0 Å². The van der Waals surface area contributed by atoms with Crippen LogP contribution in [-0.2, 0) is 0 Å². The van der Waals surface area contributed by atoms with Gasteiger partial charge in [0.2, 0.25) is 0 Å². The zero-order valence-corrected chi connectivity index (χ0v) is 14.0. The largest absolute Gasteiger partial charge is 1.00 e. The Balaban J connectivity index is 0. The fraction of sp³-hybridized carbons (Fsp3) is 0.857. The topological polar surface area (TPSA) is 0 Å². The van der Waals surface area contributed by atoms with Gasteiger partial charge in [-0.05, 0) is 0 Å². The molecular formula is C14H31Sn-. The van der Waals surface area contributed by atoms with Gasteiger partial charge in [0.15, 0.2) is 0 Å². The van der Waals surface area contributed by atoms with Crippen molar-refractivity contribution in [1.29, 1.82) is 0 Å². The standard InChI is InChI=1S/3C4H9.C2H3.Sn.H/c3*1-3-4-2;1-2;;/h3*1,3-4H2,2H3;1H,2H2;;/q;;;;;-1. The fourth-order valence-electron chi connectivity index (χ4n) is 2.27. The van der Waals surface area contributed by atoms with Gasteiger partial charge in [-0.3, -0.25) is 0 Å². The van der Waals surface area contributed by atoms with E-state index in [4.69, 9.17) is 0 Å². The first-order valence-corrected chi connectivity index (χ1v) is 14.6. The maximum absolute atomic E-state index is 4.19. The van der Waals surface area contributed by atoms with Crippen molar-refractivity contribution in [2.45, 2.75) is 72.6 Å². The molecule has 0 aromatic heterocycles. The van der Waals surface area contributed by atoms with Crippen LogP contribution in [0.4, 0.5) is 0 Å². The number of hydrogen-bond donors (Lipinski definition) is 0. The molecule has 0 nitrogen and oxygen atoms in total. The second-order valence-electron chi connectivity index (χ2n) is 4.88. The molecule has 0 rings (SSSR count). The van der Waals surface area contributed by atoms with Gasteiger partial charge in [-0.1, -0.05) is 0 Å². The first kappa shape index (κ1) is 15.5. The summed E-state index contributed by atoms with van der Waals surface area (Å²) in [5, 5.41) is 0. The predicted molar refractivity (Wildman–Crippen MR) is 76.2 cm³/mol. The Morgan fingerprint density at radius 1 is 0.867 bits per heavy atom. The van der Waals surface area contributed by atoms with Gasteiger partial charge in [0, 0.05) is 0 Å². The molecule has 0 N–H and O–H groups in total. The summed E-state index contributed by atoms with van der Waals surface area (Å²) < 4.78 is 7.16. The second kappa shape index (κ2) is 9.74. The summed E-state index contributed by atoms with van der Waals surface area (Å²) in [5.41, 5.74) is 0. The van der Waals surface area contributed by atoms with Crippen molar-refractivity contribution in [3.63, 3.8) is 0 Å². The number of rotatable bonds is 10. The van der Waals surface area contributed by atoms with Crippen molar-refractivity contribution in [2.24, 2.45) is 0 Å². The van der Waals surface area contributed by atoms with E-state index in [1.54, 1.807) is 13.3 Å². The molecule has 0 aliphatic rings. The second-order valence-corrected chi connectivity index (χ2v) is 18.1. The van der Waals surface area contributed by atoms with Gasteiger partial charge in [-0.2, -0.15) is 0 Å². The molecule has 0 bridgehead atoms. The predicted octanol–water partition coefficient (Wildman–Crippen LogP) is 5.67. The Bertz CT molecular complexity index is 135. The van der Waals surface area contributed by atoms with Crippen molar-refractivity contribution >= 4 is 18.4 Å². The monoisotopic (exact) mass is 319 g/mol. The molecule has 0 saturated heterocycles. The zero-order chi connectivity index (χ0) is 11.6. The average molecular weight is 318 g/mol. The third-order valence-corrected chi connectivity index (χ3v) is 17.5. The summed E-state index contributed by atoms with van der Waals surface area (Å²) in [5.74, 6) is 0. The first-order chi connectivity index (χ1) is 7.24. The molecule has 0 radical (unpaired) electrons. The number of hydrogen-bond acceptors (Lipinski definition) is 0. The van der Waals surface area contributed by atoms with Gasteiger partial charge < -0.3 is 1.43 Å². The van der Waals surface area contributed by atoms with Gasteiger partial charge in [-0.15, -0.1) is 0 Å². The molecule has 0 aromatic rings. The molecule has 0 aliphatic carbocycles. The van der Waals surface area contributed by atoms with E-state index in [-0.39, 0.29) is 1.43 Å². The van der Waals surface area contributed by atoms with Crippen molar-refractivity contribution in [2.75, 3.05) is 0 Å². The van der Waals surface area contributed by atoms with Crippen molar-refractivity contribution in [3.8, 4) is 0 Å². The summed E-state index contributed by atoms with van der Waals surface area (Å²) in [6.07, 6.45) is 8.46. The van der Waals surface area contributed by atoms with E-state index in [0.717, 1.165) is 0 Å². The quantitative estimate of drug-likeness (QED) is 0.455. The van der Waals surface area contributed by atoms with Gasteiger partial charge >= 0.3 is 102 Å². The van der Waals surface area contributed by atoms with Gasteiger partial charge in [-0.25, -0.2) is 0 Å². The molecule has 0 aromatic carbocycles. The van der Waals surface area contributed by atoms with Crippen LogP contribution in [0.1, 0.15) is 60.7 Å². The Labute approximate surface area is 103 Å². The molecule has 15 heavy (non-hydrogen) atoms. The molecule has 0 unspecified atom stereocenters. The summed E-state index contributed by atoms with van der Waals surface area (Å²) in [7, 11) is 0. The fourth-order valence-corrected chi connectivity index (χ4v) is 15.2. The molecule has 0 fully saturated rings. The Morgan fingerprint density at radius 2 is 1.20 bits per heavy atom. The van der Waals surface area contributed by atoms with Gasteiger partial charge in [0.25, 0.3) is 0 Å². The van der Waals surface area contributed by atoms with Crippen LogP contribution in [0.3, 0.4) is 0 Å². The van der Waals surface area contributed by atoms with Crippen LogP contribution in [0, 0.1) is 0 Å². The summed E-state index contributed by atoms with van der Waals surface area (Å²) in [6.45, 7) is 11.1. The maximum atomic E-state index is 4.19. The molecule has 0 aliphatic heterocycles. The van der Waals surface area contributed by atoms with Crippen LogP contribution in [0.25, 0.3) is 0 Å². The zero-order valence-electron chi connectivity index (χ0n) is 12.1. The summed E-state index contributed by atoms with van der Waals surface area (Å²) in [6, 6.07) is 0. The summed E-state index contributed by atoms with van der Waals surface area (Å²) in [4.78, 5) is 0. The van der Waals surface area contributed by atoms with Gasteiger partial charge in [0.1, 0.15) is 0 Å². The molecular weight excluding hydrogens is 287 g/mol.